The molecule has 9 heteroatoms. The number of carboxylic acid groups (broad SMARTS) is 1. The Labute approximate surface area is 185 Å². The van der Waals surface area contributed by atoms with Gasteiger partial charge in [0.25, 0.3) is 0 Å². The molecule has 0 aromatic heterocycles. The molecule has 1 aliphatic heterocycles. The fraction of sp³-hybridized carbons (Fsp3) is 0.318. The lowest BCUT2D eigenvalue weighted by Crippen LogP contribution is -2.47. The molecule has 2 aromatic rings. The van der Waals surface area contributed by atoms with E-state index in [0.717, 1.165) is 11.1 Å². The van der Waals surface area contributed by atoms with Crippen LogP contribution in [0, 0.1) is 0 Å². The number of nitrogens with two attached hydrogens (primary N) is 1. The van der Waals surface area contributed by atoms with E-state index in [1.807, 2.05) is 0 Å². The monoisotopic (exact) mass is 443 g/mol. The first-order valence-corrected chi connectivity index (χ1v) is 10.4. The fourth-order valence-electron chi connectivity index (χ4n) is 3.77. The SMILES string of the molecule is Nc1ccc(C2CCC(C(=O)O)N2C(=O)CNC(=O)C(S)Cc2ccc(O)cc2)cc1. The number of hydrogen-bond acceptors (Lipinski definition) is 6. The number of aliphatic carboxylic acids is 1. The van der Waals surface area contributed by atoms with Gasteiger partial charge in [0, 0.05) is 5.69 Å². The lowest BCUT2D eigenvalue weighted by molar-refractivity contribution is -0.149. The van der Waals surface area contributed by atoms with E-state index in [1.54, 1.807) is 36.4 Å². The lowest BCUT2D eigenvalue weighted by Gasteiger charge is -2.29. The number of nitrogens with one attached hydrogen (secondary N) is 1. The number of carbonyl (C=O) groups excluding carboxylic acids is 2. The maximum Gasteiger partial charge on any atom is 0.326 e. The van der Waals surface area contributed by atoms with Crippen molar-refractivity contribution >= 4 is 36.1 Å². The Morgan fingerprint density at radius 2 is 1.74 bits per heavy atom. The summed E-state index contributed by atoms with van der Waals surface area (Å²) in [5.74, 6) is -1.84. The lowest BCUT2D eigenvalue weighted by atomic mass is 10.0. The van der Waals surface area contributed by atoms with Crippen LogP contribution < -0.4 is 11.1 Å². The van der Waals surface area contributed by atoms with Gasteiger partial charge in [0.15, 0.2) is 0 Å². The van der Waals surface area contributed by atoms with Gasteiger partial charge >= 0.3 is 5.97 Å². The quantitative estimate of drug-likeness (QED) is 0.327. The maximum absolute atomic E-state index is 12.9. The average Bonchev–Trinajstić information content (AvgIpc) is 3.19. The topological polar surface area (TPSA) is 133 Å². The molecule has 0 radical (unpaired) electrons. The van der Waals surface area contributed by atoms with E-state index in [9.17, 15) is 24.6 Å². The van der Waals surface area contributed by atoms with E-state index in [4.69, 9.17) is 5.73 Å². The molecule has 3 unspecified atom stereocenters. The zero-order chi connectivity index (χ0) is 22.5. The Morgan fingerprint density at radius 3 is 2.35 bits per heavy atom. The number of benzene rings is 2. The smallest absolute Gasteiger partial charge is 0.326 e. The molecule has 0 bridgehead atoms. The zero-order valence-corrected chi connectivity index (χ0v) is 17.7. The van der Waals surface area contributed by atoms with Crippen molar-refractivity contribution in [2.45, 2.75) is 36.6 Å². The standard InChI is InChI=1S/C22H25N3O5S/c23-15-5-3-14(4-6-15)17-9-10-18(22(29)30)25(17)20(27)12-24-21(28)19(31)11-13-1-7-16(26)8-2-13/h1-8,17-19,26,31H,9-12,23H2,(H,24,28)(H,29,30). The third-order valence-corrected chi connectivity index (χ3v) is 5.78. The van der Waals surface area contributed by atoms with Crippen LogP contribution in [-0.2, 0) is 20.8 Å². The molecule has 1 heterocycles. The highest BCUT2D eigenvalue weighted by Crippen LogP contribution is 2.36. The first-order valence-electron chi connectivity index (χ1n) is 9.89. The molecule has 1 saturated heterocycles. The molecule has 3 atom stereocenters. The number of hydrogen-bond donors (Lipinski definition) is 5. The van der Waals surface area contributed by atoms with Crippen molar-refractivity contribution in [1.82, 2.24) is 10.2 Å². The predicted molar refractivity (Wildman–Crippen MR) is 119 cm³/mol. The molecule has 1 fully saturated rings. The van der Waals surface area contributed by atoms with Gasteiger partial charge in [-0.05, 0) is 54.7 Å². The number of phenolic OH excluding ortho intramolecular Hbond substituents is 1. The molecule has 0 saturated carbocycles. The van der Waals surface area contributed by atoms with Gasteiger partial charge in [0.05, 0.1) is 17.8 Å². The average molecular weight is 444 g/mol. The minimum atomic E-state index is -1.07. The number of phenols is 1. The van der Waals surface area contributed by atoms with Crippen molar-refractivity contribution in [1.29, 1.82) is 0 Å². The number of carboxylic acids is 1. The van der Waals surface area contributed by atoms with Crippen LogP contribution in [0.2, 0.25) is 0 Å². The van der Waals surface area contributed by atoms with Crippen LogP contribution in [0.3, 0.4) is 0 Å². The normalized spacial score (nSPS) is 19.1. The zero-order valence-electron chi connectivity index (χ0n) is 16.8. The summed E-state index contributed by atoms with van der Waals surface area (Å²) in [6.07, 6.45) is 1.16. The molecule has 3 rings (SSSR count). The van der Waals surface area contributed by atoms with Crippen molar-refractivity contribution in [2.75, 3.05) is 12.3 Å². The summed E-state index contributed by atoms with van der Waals surface area (Å²) < 4.78 is 0. The first kappa shape index (κ1) is 22.5. The number of likely N-dealkylation sites (tertiary alicyclic amines) is 1. The predicted octanol–water partition coefficient (Wildman–Crippen LogP) is 1.75. The van der Waals surface area contributed by atoms with Crippen LogP contribution in [-0.4, -0.2) is 50.7 Å². The summed E-state index contributed by atoms with van der Waals surface area (Å²) in [7, 11) is 0. The fourth-order valence-corrected chi connectivity index (χ4v) is 4.07. The molecule has 2 aromatic carbocycles. The Balaban J connectivity index is 1.64. The molecular formula is C22H25N3O5S. The second-order valence-electron chi connectivity index (χ2n) is 7.52. The van der Waals surface area contributed by atoms with Gasteiger partial charge in [-0.15, -0.1) is 0 Å². The van der Waals surface area contributed by atoms with Crippen LogP contribution in [0.1, 0.15) is 30.0 Å². The van der Waals surface area contributed by atoms with E-state index in [2.05, 4.69) is 17.9 Å². The number of aromatic hydroxyl groups is 1. The van der Waals surface area contributed by atoms with Gasteiger partial charge in [-0.1, -0.05) is 24.3 Å². The number of amides is 2. The molecule has 164 valence electrons. The van der Waals surface area contributed by atoms with Crippen molar-refractivity contribution in [3.05, 3.63) is 59.7 Å². The summed E-state index contributed by atoms with van der Waals surface area (Å²) in [6.45, 7) is -0.319. The third kappa shape index (κ3) is 5.49. The Kier molecular flexibility index (Phi) is 7.06. The van der Waals surface area contributed by atoms with Crippen LogP contribution in [0.25, 0.3) is 0 Å². The van der Waals surface area contributed by atoms with Crippen LogP contribution in [0.15, 0.2) is 48.5 Å². The number of nitrogens with zero attached hydrogens (tertiary/aromatic N) is 1. The van der Waals surface area contributed by atoms with E-state index in [-0.39, 0.29) is 12.3 Å². The molecule has 0 aliphatic carbocycles. The molecule has 1 aliphatic rings. The highest BCUT2D eigenvalue weighted by Gasteiger charge is 2.41. The minimum Gasteiger partial charge on any atom is -0.508 e. The Bertz CT molecular complexity index is 949. The third-order valence-electron chi connectivity index (χ3n) is 5.36. The second kappa shape index (κ2) is 9.74. The molecule has 0 spiro atoms. The van der Waals surface area contributed by atoms with E-state index in [1.165, 1.54) is 17.0 Å². The van der Waals surface area contributed by atoms with E-state index >= 15 is 0 Å². The molecule has 8 nitrogen and oxygen atoms in total. The molecular weight excluding hydrogens is 418 g/mol. The van der Waals surface area contributed by atoms with Gasteiger partial charge in [0.2, 0.25) is 11.8 Å². The van der Waals surface area contributed by atoms with Gasteiger partial charge in [-0.25, -0.2) is 4.79 Å². The molecule has 5 N–H and O–H groups in total. The second-order valence-corrected chi connectivity index (χ2v) is 8.14. The maximum atomic E-state index is 12.9. The van der Waals surface area contributed by atoms with Crippen LogP contribution in [0.4, 0.5) is 5.69 Å². The number of nitrogen functional groups attached to an aromatic ring is 1. The number of rotatable bonds is 7. The number of carbonyl (C=O) groups is 3. The first-order chi connectivity index (χ1) is 14.8. The highest BCUT2D eigenvalue weighted by molar-refractivity contribution is 7.81. The van der Waals surface area contributed by atoms with Gasteiger partial charge < -0.3 is 26.2 Å². The summed E-state index contributed by atoms with van der Waals surface area (Å²) in [6, 6.07) is 12.1. The summed E-state index contributed by atoms with van der Waals surface area (Å²) in [5, 5.41) is 20.8. The minimum absolute atomic E-state index is 0.128. The van der Waals surface area contributed by atoms with Gasteiger partial charge in [-0.2, -0.15) is 12.6 Å². The van der Waals surface area contributed by atoms with Crippen molar-refractivity contribution < 1.29 is 24.6 Å². The van der Waals surface area contributed by atoms with Gasteiger partial charge in [-0.3, -0.25) is 9.59 Å². The van der Waals surface area contributed by atoms with Crippen molar-refractivity contribution in [3.8, 4) is 5.75 Å². The highest BCUT2D eigenvalue weighted by atomic mass is 32.1. The van der Waals surface area contributed by atoms with E-state index < -0.39 is 35.1 Å². The van der Waals surface area contributed by atoms with Gasteiger partial charge in [0.1, 0.15) is 11.8 Å². The van der Waals surface area contributed by atoms with Crippen molar-refractivity contribution in [2.24, 2.45) is 0 Å². The van der Waals surface area contributed by atoms with Crippen LogP contribution in [0.5, 0.6) is 5.75 Å². The summed E-state index contributed by atoms with van der Waals surface area (Å²) in [4.78, 5) is 38.3. The van der Waals surface area contributed by atoms with Crippen molar-refractivity contribution in [3.63, 3.8) is 0 Å². The number of anilines is 1. The Hall–Kier alpha value is -3.20. The molecule has 2 amide bonds. The Morgan fingerprint density at radius 1 is 1.10 bits per heavy atom. The molecule has 31 heavy (non-hydrogen) atoms. The van der Waals surface area contributed by atoms with Crippen LogP contribution >= 0.6 is 12.6 Å². The summed E-state index contributed by atoms with van der Waals surface area (Å²) >= 11 is 4.30. The largest absolute Gasteiger partial charge is 0.508 e. The number of thiol groups is 1. The summed E-state index contributed by atoms with van der Waals surface area (Å²) in [5.41, 5.74) is 7.92. The van der Waals surface area contributed by atoms with E-state index in [0.29, 0.717) is 24.9 Å².